The fraction of sp³-hybridized carbons (Fsp3) is 0.680. The van der Waals surface area contributed by atoms with Gasteiger partial charge in [0, 0.05) is 12.2 Å². The molecule has 1 unspecified atom stereocenters. The summed E-state index contributed by atoms with van der Waals surface area (Å²) in [6.45, 7) is 0. The molecule has 1 aliphatic heterocycles. The Morgan fingerprint density at radius 2 is 1.85 bits per heavy atom. The molecule has 4 fully saturated rings. The number of urea groups is 1. The molecule has 0 radical (unpaired) electrons. The summed E-state index contributed by atoms with van der Waals surface area (Å²) >= 11 is 0. The van der Waals surface area contributed by atoms with Crippen molar-refractivity contribution in [3.05, 3.63) is 23.9 Å². The van der Waals surface area contributed by atoms with E-state index in [1.54, 1.807) is 18.3 Å². The first kappa shape index (κ1) is 22.2. The van der Waals surface area contributed by atoms with Gasteiger partial charge in [-0.3, -0.25) is 14.5 Å². The van der Waals surface area contributed by atoms with Gasteiger partial charge in [-0.15, -0.1) is 0 Å². The molecule has 2 heterocycles. The van der Waals surface area contributed by atoms with Crippen LogP contribution < -0.4 is 15.8 Å². The molecular formula is C25H34N4O4. The third-order valence-corrected chi connectivity index (χ3v) is 8.23. The summed E-state index contributed by atoms with van der Waals surface area (Å²) in [5, 5.41) is 2.94. The first-order valence-electron chi connectivity index (χ1n) is 12.5. The Labute approximate surface area is 194 Å². The minimum absolute atomic E-state index is 0.0163. The zero-order valence-electron chi connectivity index (χ0n) is 19.1. The highest BCUT2D eigenvalue weighted by Gasteiger charge is 2.58. The van der Waals surface area contributed by atoms with Crippen molar-refractivity contribution in [1.29, 1.82) is 0 Å². The summed E-state index contributed by atoms with van der Waals surface area (Å²) in [4.78, 5) is 42.8. The van der Waals surface area contributed by atoms with Crippen LogP contribution in [0.5, 0.6) is 5.88 Å². The molecule has 5 rings (SSSR count). The number of amides is 4. The number of primary amides is 1. The Balaban J connectivity index is 1.09. The lowest BCUT2D eigenvalue weighted by molar-refractivity contribution is -0.141. The van der Waals surface area contributed by atoms with E-state index in [4.69, 9.17) is 10.5 Å². The lowest BCUT2D eigenvalue weighted by Gasteiger charge is -2.58. The van der Waals surface area contributed by atoms with Gasteiger partial charge in [-0.1, -0.05) is 38.5 Å². The van der Waals surface area contributed by atoms with Gasteiger partial charge in [-0.25, -0.2) is 9.78 Å². The van der Waals surface area contributed by atoms with Crippen LogP contribution in [0.1, 0.15) is 87.4 Å². The summed E-state index contributed by atoms with van der Waals surface area (Å²) in [6, 6.07) is 2.68. The number of hydrogen-bond acceptors (Lipinski definition) is 5. The maximum Gasteiger partial charge on any atom is 0.325 e. The number of nitrogens with zero attached hydrogens (tertiary/aromatic N) is 2. The van der Waals surface area contributed by atoms with Gasteiger partial charge in [0.1, 0.15) is 17.7 Å². The molecule has 1 aromatic heterocycles. The van der Waals surface area contributed by atoms with E-state index >= 15 is 0 Å². The van der Waals surface area contributed by atoms with E-state index in [0.717, 1.165) is 38.5 Å². The van der Waals surface area contributed by atoms with Crippen molar-refractivity contribution in [2.45, 2.75) is 95.2 Å². The van der Waals surface area contributed by atoms with E-state index in [-0.39, 0.29) is 41.4 Å². The molecule has 4 aliphatic rings. The number of carbonyl (C=O) groups excluding carboxylic acids is 3. The number of nitrogens with two attached hydrogens (primary N) is 1. The summed E-state index contributed by atoms with van der Waals surface area (Å²) in [7, 11) is 0. The monoisotopic (exact) mass is 454 g/mol. The van der Waals surface area contributed by atoms with Crippen LogP contribution >= 0.6 is 0 Å². The zero-order valence-corrected chi connectivity index (χ0v) is 19.1. The molecule has 3 aliphatic carbocycles. The fourth-order valence-electron chi connectivity index (χ4n) is 6.42. The third kappa shape index (κ3) is 4.44. The van der Waals surface area contributed by atoms with Crippen molar-refractivity contribution in [2.24, 2.45) is 17.1 Å². The Bertz CT molecular complexity index is 913. The average Bonchev–Trinajstić information content (AvgIpc) is 2.91. The summed E-state index contributed by atoms with van der Waals surface area (Å²) in [6.07, 6.45) is 14.4. The van der Waals surface area contributed by atoms with Crippen LogP contribution in [-0.2, 0) is 4.79 Å². The second-order valence-electron chi connectivity index (χ2n) is 10.6. The van der Waals surface area contributed by atoms with Crippen LogP contribution in [0.25, 0.3) is 0 Å². The van der Waals surface area contributed by atoms with Crippen LogP contribution in [0.15, 0.2) is 18.3 Å². The largest absolute Gasteiger partial charge is 0.474 e. The number of ether oxygens (including phenoxy) is 1. The van der Waals surface area contributed by atoms with Gasteiger partial charge < -0.3 is 15.8 Å². The molecule has 1 aromatic rings. The summed E-state index contributed by atoms with van der Waals surface area (Å²) in [5.74, 6) is 0.383. The fourth-order valence-corrected chi connectivity index (χ4v) is 6.42. The van der Waals surface area contributed by atoms with Crippen LogP contribution in [0, 0.1) is 11.3 Å². The molecule has 1 saturated heterocycles. The van der Waals surface area contributed by atoms with E-state index in [9.17, 15) is 14.4 Å². The smallest absolute Gasteiger partial charge is 0.325 e. The zero-order chi connectivity index (χ0) is 23.0. The highest BCUT2D eigenvalue weighted by Crippen LogP contribution is 2.58. The van der Waals surface area contributed by atoms with Crippen molar-refractivity contribution >= 4 is 17.8 Å². The topological polar surface area (TPSA) is 115 Å². The molecule has 33 heavy (non-hydrogen) atoms. The maximum absolute atomic E-state index is 13.0. The molecule has 0 aromatic carbocycles. The highest BCUT2D eigenvalue weighted by atomic mass is 16.5. The molecule has 3 saturated carbocycles. The molecule has 3 N–H and O–H groups in total. The normalized spacial score (nSPS) is 32.1. The SMILES string of the molecule is NC(=O)c1cccnc1O[C@H]1CC2(C1)C[C@H](N1C(=O)NC(CCC3CCCCCC3)C1=O)C2. The first-order chi connectivity index (χ1) is 15.9. The van der Waals surface area contributed by atoms with Gasteiger partial charge in [0.05, 0.1) is 0 Å². The van der Waals surface area contributed by atoms with E-state index in [1.165, 1.54) is 43.4 Å². The number of nitrogens with one attached hydrogen (secondary N) is 1. The maximum atomic E-state index is 13.0. The van der Waals surface area contributed by atoms with Gasteiger partial charge >= 0.3 is 6.03 Å². The number of pyridine rings is 1. The predicted molar refractivity (Wildman–Crippen MR) is 121 cm³/mol. The van der Waals surface area contributed by atoms with Gasteiger partial charge in [0.2, 0.25) is 5.88 Å². The lowest BCUT2D eigenvalue weighted by Crippen LogP contribution is -2.60. The lowest BCUT2D eigenvalue weighted by atomic mass is 9.52. The Kier molecular flexibility index (Phi) is 6.01. The second kappa shape index (κ2) is 8.95. The number of carbonyl (C=O) groups is 3. The van der Waals surface area contributed by atoms with Gasteiger partial charge in [-0.05, 0) is 62.0 Å². The van der Waals surface area contributed by atoms with E-state index in [1.807, 2.05) is 0 Å². The van der Waals surface area contributed by atoms with Crippen molar-refractivity contribution in [3.63, 3.8) is 0 Å². The number of hydrogen-bond donors (Lipinski definition) is 2. The van der Waals surface area contributed by atoms with Crippen molar-refractivity contribution in [3.8, 4) is 5.88 Å². The molecule has 8 heteroatoms. The van der Waals surface area contributed by atoms with Gasteiger partial charge in [0.15, 0.2) is 0 Å². The quantitative estimate of drug-likeness (QED) is 0.483. The Hall–Kier alpha value is -2.64. The minimum atomic E-state index is -0.553. The average molecular weight is 455 g/mol. The summed E-state index contributed by atoms with van der Waals surface area (Å²) in [5.41, 5.74) is 5.81. The minimum Gasteiger partial charge on any atom is -0.474 e. The van der Waals surface area contributed by atoms with E-state index in [2.05, 4.69) is 10.3 Å². The molecule has 1 spiro atoms. The molecule has 0 bridgehead atoms. The van der Waals surface area contributed by atoms with Gasteiger partial charge in [-0.2, -0.15) is 0 Å². The van der Waals surface area contributed by atoms with Crippen molar-refractivity contribution in [2.75, 3.05) is 0 Å². The molecular weight excluding hydrogens is 420 g/mol. The van der Waals surface area contributed by atoms with Gasteiger partial charge in [0.25, 0.3) is 11.8 Å². The molecule has 4 amide bonds. The van der Waals surface area contributed by atoms with Crippen LogP contribution in [-0.4, -0.2) is 45.9 Å². The third-order valence-electron chi connectivity index (χ3n) is 8.23. The van der Waals surface area contributed by atoms with Crippen molar-refractivity contribution < 1.29 is 19.1 Å². The van der Waals surface area contributed by atoms with Crippen LogP contribution in [0.4, 0.5) is 4.79 Å². The van der Waals surface area contributed by atoms with Crippen LogP contribution in [0.2, 0.25) is 0 Å². The van der Waals surface area contributed by atoms with Crippen LogP contribution in [0.3, 0.4) is 0 Å². The number of aromatic nitrogens is 1. The number of rotatable bonds is 7. The number of imide groups is 1. The highest BCUT2D eigenvalue weighted by molar-refractivity contribution is 6.04. The Morgan fingerprint density at radius 1 is 1.12 bits per heavy atom. The van der Waals surface area contributed by atoms with Crippen molar-refractivity contribution in [1.82, 2.24) is 15.2 Å². The summed E-state index contributed by atoms with van der Waals surface area (Å²) < 4.78 is 5.92. The van der Waals surface area contributed by atoms with E-state index in [0.29, 0.717) is 11.5 Å². The predicted octanol–water partition coefficient (Wildman–Crippen LogP) is 3.54. The standard InChI is InChI=1S/C25H34N4O4/c26-21(30)19-8-5-11-27-22(19)33-18-14-25(15-18)12-17(13-25)29-23(31)20(28-24(29)32)10-9-16-6-3-1-2-4-7-16/h5,8,11,16-18,20H,1-4,6-7,9-10,12-15H2,(H2,26,30)(H,28,32)/t17-,18-,20?,25?. The molecule has 1 atom stereocenters. The van der Waals surface area contributed by atoms with E-state index < -0.39 is 5.91 Å². The second-order valence-corrected chi connectivity index (χ2v) is 10.6. The Morgan fingerprint density at radius 3 is 2.55 bits per heavy atom. The first-order valence-corrected chi connectivity index (χ1v) is 12.5. The molecule has 8 nitrogen and oxygen atoms in total. The molecule has 178 valence electrons.